The van der Waals surface area contributed by atoms with Gasteiger partial charge in [0.25, 0.3) is 5.56 Å². The quantitative estimate of drug-likeness (QED) is 0.575. The second-order valence-corrected chi connectivity index (χ2v) is 9.45. The van der Waals surface area contributed by atoms with Crippen LogP contribution in [0.25, 0.3) is 10.2 Å². The molecule has 1 aliphatic rings. The monoisotopic (exact) mass is 394 g/mol. The van der Waals surface area contributed by atoms with Gasteiger partial charge in [0.05, 0.1) is 10.6 Å². The number of amides is 1. The van der Waals surface area contributed by atoms with Gasteiger partial charge < -0.3 is 10.6 Å². The van der Waals surface area contributed by atoms with Crippen molar-refractivity contribution >= 4 is 39.2 Å². The molecule has 1 atom stereocenters. The summed E-state index contributed by atoms with van der Waals surface area (Å²) in [5, 5.41) is 0.978. The van der Waals surface area contributed by atoms with Crippen LogP contribution in [0.15, 0.2) is 9.95 Å². The third kappa shape index (κ3) is 3.97. The van der Waals surface area contributed by atoms with Gasteiger partial charge in [-0.15, -0.1) is 11.3 Å². The van der Waals surface area contributed by atoms with E-state index in [4.69, 9.17) is 10.7 Å². The highest BCUT2D eigenvalue weighted by molar-refractivity contribution is 8.00. The van der Waals surface area contributed by atoms with Gasteiger partial charge in [0.1, 0.15) is 4.83 Å². The van der Waals surface area contributed by atoms with E-state index in [1.165, 1.54) is 28.6 Å². The minimum absolute atomic E-state index is 0.0346. The maximum atomic E-state index is 13.3. The number of carbonyl (C=O) groups is 1. The summed E-state index contributed by atoms with van der Waals surface area (Å²) >= 11 is 2.92. The van der Waals surface area contributed by atoms with E-state index in [0.29, 0.717) is 11.7 Å². The highest BCUT2D eigenvalue weighted by atomic mass is 32.2. The third-order valence-electron chi connectivity index (χ3n) is 4.71. The van der Waals surface area contributed by atoms with Crippen LogP contribution >= 0.6 is 23.1 Å². The molecular formula is C18H26N4O2S2. The van der Waals surface area contributed by atoms with Crippen molar-refractivity contribution in [2.24, 2.45) is 5.73 Å². The summed E-state index contributed by atoms with van der Waals surface area (Å²) in [4.78, 5) is 33.8. The number of nitrogens with two attached hydrogens (primary N) is 1. The fraction of sp³-hybridized carbons (Fsp3) is 0.611. The number of aromatic nitrogens is 2. The molecule has 0 aromatic carbocycles. The third-order valence-corrected chi connectivity index (χ3v) is 7.00. The zero-order valence-electron chi connectivity index (χ0n) is 15.6. The SMILES string of the molecule is C[C@@H](Sc1nc2sc3c(c2c(=O)n1CCCN(C)C)CCCC3)C(N)=O. The van der Waals surface area contributed by atoms with E-state index < -0.39 is 11.2 Å². The van der Waals surface area contributed by atoms with E-state index in [0.717, 1.165) is 42.4 Å². The van der Waals surface area contributed by atoms with Gasteiger partial charge in [-0.25, -0.2) is 4.98 Å². The number of rotatable bonds is 7. The second kappa shape index (κ2) is 8.10. The predicted molar refractivity (Wildman–Crippen MR) is 108 cm³/mol. The fourth-order valence-corrected chi connectivity index (χ4v) is 5.46. The molecule has 0 spiro atoms. The van der Waals surface area contributed by atoms with E-state index >= 15 is 0 Å². The maximum Gasteiger partial charge on any atom is 0.263 e. The molecule has 2 N–H and O–H groups in total. The van der Waals surface area contributed by atoms with Crippen LogP contribution in [0.2, 0.25) is 0 Å². The van der Waals surface area contributed by atoms with Crippen LogP contribution in [-0.4, -0.2) is 46.2 Å². The molecular weight excluding hydrogens is 368 g/mol. The molecule has 0 bridgehead atoms. The van der Waals surface area contributed by atoms with Gasteiger partial charge >= 0.3 is 0 Å². The average molecular weight is 395 g/mol. The van der Waals surface area contributed by atoms with Gasteiger partial charge in [-0.05, 0) is 65.2 Å². The second-order valence-electron chi connectivity index (χ2n) is 7.06. The molecule has 0 unspecified atom stereocenters. The molecule has 2 heterocycles. The number of aryl methyl sites for hydroxylation is 2. The van der Waals surface area contributed by atoms with E-state index in [1.54, 1.807) is 22.8 Å². The van der Waals surface area contributed by atoms with Crippen LogP contribution < -0.4 is 11.3 Å². The summed E-state index contributed by atoms with van der Waals surface area (Å²) in [5.41, 5.74) is 6.66. The number of nitrogens with zero attached hydrogens (tertiary/aromatic N) is 3. The lowest BCUT2D eigenvalue weighted by Gasteiger charge is -2.16. The standard InChI is InChI=1S/C18H26N4O2S2/c1-11(15(19)23)25-18-20-16-14(12-7-4-5-8-13(12)26-16)17(24)22(18)10-6-9-21(2)3/h11H,4-10H2,1-3H3,(H2,19,23)/t11-/m1/s1. The molecule has 0 saturated carbocycles. The average Bonchev–Trinajstić information content (AvgIpc) is 2.95. The topological polar surface area (TPSA) is 81.2 Å². The Kier molecular flexibility index (Phi) is 6.04. The van der Waals surface area contributed by atoms with Gasteiger partial charge in [-0.2, -0.15) is 0 Å². The number of carbonyl (C=O) groups excluding carboxylic acids is 1. The molecule has 3 rings (SSSR count). The Labute approximate surface area is 161 Å². The zero-order valence-corrected chi connectivity index (χ0v) is 17.2. The largest absolute Gasteiger partial charge is 0.369 e. The molecule has 0 radical (unpaired) electrons. The van der Waals surface area contributed by atoms with Gasteiger partial charge in [0.15, 0.2) is 5.16 Å². The minimum atomic E-state index is -0.422. The lowest BCUT2D eigenvalue weighted by molar-refractivity contribution is -0.117. The van der Waals surface area contributed by atoms with Crippen LogP contribution in [0.4, 0.5) is 0 Å². The number of fused-ring (bicyclic) bond motifs is 3. The highest BCUT2D eigenvalue weighted by Crippen LogP contribution is 2.35. The van der Waals surface area contributed by atoms with Crippen LogP contribution in [0, 0.1) is 0 Å². The van der Waals surface area contributed by atoms with Gasteiger partial charge in [-0.3, -0.25) is 14.2 Å². The van der Waals surface area contributed by atoms with Crippen LogP contribution in [0.5, 0.6) is 0 Å². The molecule has 6 nitrogen and oxygen atoms in total. The van der Waals surface area contributed by atoms with Crippen molar-refractivity contribution in [3.8, 4) is 0 Å². The Morgan fingerprint density at radius 1 is 1.38 bits per heavy atom. The molecule has 8 heteroatoms. The maximum absolute atomic E-state index is 13.3. The summed E-state index contributed by atoms with van der Waals surface area (Å²) in [7, 11) is 4.04. The smallest absolute Gasteiger partial charge is 0.263 e. The van der Waals surface area contributed by atoms with Crippen LogP contribution in [0.1, 0.15) is 36.6 Å². The first-order valence-electron chi connectivity index (χ1n) is 9.04. The number of thioether (sulfide) groups is 1. The minimum Gasteiger partial charge on any atom is -0.369 e. The van der Waals surface area contributed by atoms with Crippen LogP contribution in [0.3, 0.4) is 0 Å². The van der Waals surface area contributed by atoms with Crippen molar-refractivity contribution in [1.29, 1.82) is 0 Å². The molecule has 26 heavy (non-hydrogen) atoms. The zero-order chi connectivity index (χ0) is 18.8. The number of hydrogen-bond acceptors (Lipinski definition) is 6. The van der Waals surface area contributed by atoms with E-state index in [2.05, 4.69) is 4.90 Å². The molecule has 0 fully saturated rings. The predicted octanol–water partition coefficient (Wildman–Crippen LogP) is 2.25. The fourth-order valence-electron chi connectivity index (χ4n) is 3.27. The van der Waals surface area contributed by atoms with E-state index in [9.17, 15) is 9.59 Å². The molecule has 1 aliphatic carbocycles. The molecule has 0 aliphatic heterocycles. The first-order valence-corrected chi connectivity index (χ1v) is 10.7. The van der Waals surface area contributed by atoms with Crippen molar-refractivity contribution in [3.05, 3.63) is 20.8 Å². The molecule has 0 saturated heterocycles. The van der Waals surface area contributed by atoms with Crippen LogP contribution in [-0.2, 0) is 24.2 Å². The molecule has 2 aromatic rings. The van der Waals surface area contributed by atoms with E-state index in [-0.39, 0.29) is 5.56 Å². The summed E-state index contributed by atoms with van der Waals surface area (Å²) in [6, 6.07) is 0. The summed E-state index contributed by atoms with van der Waals surface area (Å²) in [6.07, 6.45) is 5.17. The Hall–Kier alpha value is -1.38. The molecule has 142 valence electrons. The van der Waals surface area contributed by atoms with Crippen molar-refractivity contribution < 1.29 is 4.79 Å². The first kappa shape index (κ1) is 19.4. The van der Waals surface area contributed by atoms with E-state index in [1.807, 2.05) is 14.1 Å². The van der Waals surface area contributed by atoms with Crippen molar-refractivity contribution in [3.63, 3.8) is 0 Å². The van der Waals surface area contributed by atoms with Crippen molar-refractivity contribution in [1.82, 2.24) is 14.5 Å². The normalized spacial score (nSPS) is 15.4. The summed E-state index contributed by atoms with van der Waals surface area (Å²) < 4.78 is 1.75. The molecule has 1 amide bonds. The van der Waals surface area contributed by atoms with Crippen molar-refractivity contribution in [2.75, 3.05) is 20.6 Å². The number of hydrogen-bond donors (Lipinski definition) is 1. The Bertz CT molecular complexity index is 872. The number of thiophene rings is 1. The Balaban J connectivity index is 2.07. The Morgan fingerprint density at radius 3 is 2.81 bits per heavy atom. The highest BCUT2D eigenvalue weighted by Gasteiger charge is 2.23. The lowest BCUT2D eigenvalue weighted by Crippen LogP contribution is -2.28. The summed E-state index contributed by atoms with van der Waals surface area (Å²) in [5.74, 6) is -0.394. The van der Waals surface area contributed by atoms with Gasteiger partial charge in [0, 0.05) is 11.4 Å². The first-order chi connectivity index (χ1) is 12.4. The van der Waals surface area contributed by atoms with Gasteiger partial charge in [-0.1, -0.05) is 11.8 Å². The Morgan fingerprint density at radius 2 is 2.12 bits per heavy atom. The van der Waals surface area contributed by atoms with Gasteiger partial charge in [0.2, 0.25) is 5.91 Å². The van der Waals surface area contributed by atoms with Crippen molar-refractivity contribution in [2.45, 2.75) is 56.0 Å². The lowest BCUT2D eigenvalue weighted by atomic mass is 9.97. The number of primary amides is 1. The molecule has 2 aromatic heterocycles. The summed E-state index contributed by atoms with van der Waals surface area (Å²) in [6.45, 7) is 3.24.